The van der Waals surface area contributed by atoms with Crippen molar-refractivity contribution >= 4 is 11.7 Å². The van der Waals surface area contributed by atoms with E-state index in [4.69, 9.17) is 15.6 Å². The van der Waals surface area contributed by atoms with Gasteiger partial charge in [0.05, 0.1) is 0 Å². The lowest BCUT2D eigenvalue weighted by Gasteiger charge is -2.14. The molecule has 1 amide bonds. The number of hydrogen-bond acceptors (Lipinski definition) is 5. The van der Waals surface area contributed by atoms with E-state index in [1.54, 1.807) is 31.4 Å². The van der Waals surface area contributed by atoms with Gasteiger partial charge in [-0.2, -0.15) is 0 Å². The number of aliphatic hydroxyl groups is 1. The monoisotopic (exact) mass is 408 g/mol. The van der Waals surface area contributed by atoms with E-state index in [-0.39, 0.29) is 6.54 Å². The summed E-state index contributed by atoms with van der Waals surface area (Å²) in [6, 6.07) is 14.1. The number of carbonyl (C=O) groups excluding carboxylic acids is 2. The maximum atomic E-state index is 12.2. The molecule has 0 aliphatic rings. The van der Waals surface area contributed by atoms with Gasteiger partial charge in [-0.3, -0.25) is 9.59 Å². The highest BCUT2D eigenvalue weighted by Crippen LogP contribution is 2.08. The van der Waals surface area contributed by atoms with Crippen LogP contribution in [0.3, 0.4) is 0 Å². The van der Waals surface area contributed by atoms with Crippen LogP contribution in [0.1, 0.15) is 39.9 Å². The molecule has 6 nitrogen and oxygen atoms in total. The van der Waals surface area contributed by atoms with Crippen molar-refractivity contribution in [2.45, 2.75) is 25.3 Å². The summed E-state index contributed by atoms with van der Waals surface area (Å²) in [5, 5.41) is 11.4. The van der Waals surface area contributed by atoms with Crippen LogP contribution in [0.5, 0.6) is 0 Å². The first-order valence-corrected chi connectivity index (χ1v) is 9.92. The third-order valence-corrected chi connectivity index (χ3v) is 4.60. The van der Waals surface area contributed by atoms with Gasteiger partial charge in [-0.1, -0.05) is 24.0 Å². The Morgan fingerprint density at radius 1 is 1.03 bits per heavy atom. The summed E-state index contributed by atoms with van der Waals surface area (Å²) in [7, 11) is 1.72. The highest BCUT2D eigenvalue weighted by Gasteiger charge is 2.18. The van der Waals surface area contributed by atoms with Crippen LogP contribution in [-0.4, -0.2) is 49.7 Å². The quantitative estimate of drug-likeness (QED) is 0.410. The number of nitrogens with one attached hydrogen (secondary N) is 1. The third kappa shape index (κ3) is 7.45. The Kier molecular flexibility index (Phi) is 9.75. The van der Waals surface area contributed by atoms with E-state index in [0.29, 0.717) is 5.56 Å². The van der Waals surface area contributed by atoms with E-state index in [9.17, 15) is 9.59 Å². The fraction of sp³-hybridized carbons (Fsp3) is 0.333. The van der Waals surface area contributed by atoms with Crippen molar-refractivity contribution in [1.82, 2.24) is 5.32 Å². The lowest BCUT2D eigenvalue weighted by molar-refractivity contribution is -0.123. The zero-order valence-corrected chi connectivity index (χ0v) is 17.2. The van der Waals surface area contributed by atoms with E-state index in [2.05, 4.69) is 29.3 Å². The van der Waals surface area contributed by atoms with Gasteiger partial charge in [-0.05, 0) is 61.2 Å². The number of aliphatic hydroxyl groups excluding tert-OH is 1. The zero-order valence-electron chi connectivity index (χ0n) is 17.2. The van der Waals surface area contributed by atoms with E-state index in [1.165, 1.54) is 5.56 Å². The molecule has 6 heteroatoms. The van der Waals surface area contributed by atoms with Gasteiger partial charge in [0.1, 0.15) is 12.6 Å². The number of rotatable bonds is 10. The number of hydrogen-bond donors (Lipinski definition) is 3. The summed E-state index contributed by atoms with van der Waals surface area (Å²) in [6.07, 6.45) is 3.17. The molecule has 2 rings (SSSR count). The molecule has 0 aliphatic heterocycles. The molecule has 0 saturated carbocycles. The Bertz CT molecular complexity index is 880. The zero-order chi connectivity index (χ0) is 21.8. The van der Waals surface area contributed by atoms with Crippen molar-refractivity contribution < 1.29 is 19.4 Å². The van der Waals surface area contributed by atoms with Gasteiger partial charge in [0, 0.05) is 37.0 Å². The van der Waals surface area contributed by atoms with Crippen LogP contribution in [0.2, 0.25) is 0 Å². The first-order valence-electron chi connectivity index (χ1n) is 9.92. The number of ketones is 1. The Morgan fingerprint density at radius 2 is 1.63 bits per heavy atom. The van der Waals surface area contributed by atoms with E-state index in [0.717, 1.165) is 37.0 Å². The van der Waals surface area contributed by atoms with E-state index in [1.807, 2.05) is 12.1 Å². The van der Waals surface area contributed by atoms with E-state index >= 15 is 0 Å². The number of nitrogens with two attached hydrogens (primary N) is 1. The van der Waals surface area contributed by atoms with Gasteiger partial charge in [-0.25, -0.2) is 0 Å². The minimum atomic E-state index is -0.898. The number of Topliss-reactive ketones (excluding diaryl/α,β-unsaturated/α-hetero) is 1. The van der Waals surface area contributed by atoms with Crippen LogP contribution in [0.4, 0.5) is 0 Å². The summed E-state index contributed by atoms with van der Waals surface area (Å²) < 4.78 is 5.06. The first-order chi connectivity index (χ1) is 14.6. The molecule has 0 fully saturated rings. The maximum absolute atomic E-state index is 12.2. The highest BCUT2D eigenvalue weighted by molar-refractivity contribution is 5.98. The SMILES string of the molecule is COCCCCc1ccc(C#Cc2ccc(C(=O)N[C@@H](CN)C(=O)CO)cc2)cc1. The average Bonchev–Trinajstić information content (AvgIpc) is 2.79. The second-order valence-corrected chi connectivity index (χ2v) is 6.86. The molecular weight excluding hydrogens is 380 g/mol. The second-order valence-electron chi connectivity index (χ2n) is 6.86. The largest absolute Gasteiger partial charge is 0.388 e. The minimum Gasteiger partial charge on any atom is -0.388 e. The molecule has 0 heterocycles. The first kappa shape index (κ1) is 23.3. The molecule has 0 saturated heterocycles. The number of ether oxygens (including phenoxy) is 1. The molecule has 0 aromatic heterocycles. The van der Waals surface area contributed by atoms with Gasteiger partial charge in [-0.15, -0.1) is 0 Å². The molecule has 0 aliphatic carbocycles. The van der Waals surface area contributed by atoms with E-state index < -0.39 is 24.3 Å². The van der Waals surface area contributed by atoms with Crippen LogP contribution in [0, 0.1) is 11.8 Å². The van der Waals surface area contributed by atoms with Crippen LogP contribution >= 0.6 is 0 Å². The van der Waals surface area contributed by atoms with Crippen molar-refractivity contribution in [2.75, 3.05) is 26.9 Å². The number of amides is 1. The van der Waals surface area contributed by atoms with Gasteiger partial charge in [0.2, 0.25) is 0 Å². The summed E-state index contributed by atoms with van der Waals surface area (Å²) >= 11 is 0. The van der Waals surface area contributed by atoms with Crippen LogP contribution in [0.15, 0.2) is 48.5 Å². The highest BCUT2D eigenvalue weighted by atomic mass is 16.5. The Morgan fingerprint density at radius 3 is 2.17 bits per heavy atom. The standard InChI is InChI=1S/C24H28N2O4/c1-30-15-3-2-4-18-5-7-19(8-6-18)9-10-20-11-13-21(14-12-20)24(29)26-22(16-25)23(28)17-27/h5-8,11-14,22,27H,2-4,15-17,25H2,1H3,(H,26,29)/t22-/m0/s1. The van der Waals surface area contributed by atoms with Crippen molar-refractivity contribution in [2.24, 2.45) is 5.73 Å². The van der Waals surface area contributed by atoms with Crippen LogP contribution in [0.25, 0.3) is 0 Å². The van der Waals surface area contributed by atoms with Crippen molar-refractivity contribution in [3.63, 3.8) is 0 Å². The molecular formula is C24H28N2O4. The van der Waals surface area contributed by atoms with Crippen LogP contribution < -0.4 is 11.1 Å². The smallest absolute Gasteiger partial charge is 0.251 e. The second kappa shape index (κ2) is 12.6. The molecule has 30 heavy (non-hydrogen) atoms. The number of aryl methyl sites for hydroxylation is 1. The van der Waals surface area contributed by atoms with Crippen molar-refractivity contribution in [3.8, 4) is 11.8 Å². The maximum Gasteiger partial charge on any atom is 0.251 e. The third-order valence-electron chi connectivity index (χ3n) is 4.60. The summed E-state index contributed by atoms with van der Waals surface area (Å²) in [4.78, 5) is 23.7. The molecule has 2 aromatic carbocycles. The number of unbranched alkanes of at least 4 members (excludes halogenated alkanes) is 1. The summed E-state index contributed by atoms with van der Waals surface area (Å²) in [5.41, 5.74) is 8.84. The van der Waals surface area contributed by atoms with Crippen molar-refractivity contribution in [3.05, 3.63) is 70.8 Å². The number of carbonyl (C=O) groups is 2. The normalized spacial score (nSPS) is 11.3. The average molecular weight is 408 g/mol. The molecule has 4 N–H and O–H groups in total. The lowest BCUT2D eigenvalue weighted by Crippen LogP contribution is -2.46. The number of methoxy groups -OCH3 is 1. The summed E-state index contributed by atoms with van der Waals surface area (Å²) in [6.45, 7) is 0.0600. The molecule has 158 valence electrons. The van der Waals surface area contributed by atoms with Gasteiger partial charge >= 0.3 is 0 Å². The predicted molar refractivity (Wildman–Crippen MR) is 116 cm³/mol. The lowest BCUT2D eigenvalue weighted by atomic mass is 10.1. The van der Waals surface area contributed by atoms with Crippen LogP contribution in [-0.2, 0) is 16.0 Å². The molecule has 2 aromatic rings. The Hall–Kier alpha value is -2.98. The predicted octanol–water partition coefficient (Wildman–Crippen LogP) is 1.67. The van der Waals surface area contributed by atoms with Gasteiger partial charge < -0.3 is 20.9 Å². The molecule has 0 radical (unpaired) electrons. The molecule has 1 atom stereocenters. The molecule has 0 bridgehead atoms. The van der Waals surface area contributed by atoms with Gasteiger partial charge in [0.25, 0.3) is 5.91 Å². The Balaban J connectivity index is 1.94. The fourth-order valence-electron chi connectivity index (χ4n) is 2.80. The fourth-order valence-corrected chi connectivity index (χ4v) is 2.80. The minimum absolute atomic E-state index is 0.0688. The topological polar surface area (TPSA) is 102 Å². The van der Waals surface area contributed by atoms with Crippen molar-refractivity contribution in [1.29, 1.82) is 0 Å². The molecule has 0 unspecified atom stereocenters. The Labute approximate surface area is 177 Å². The van der Waals surface area contributed by atoms with Gasteiger partial charge in [0.15, 0.2) is 5.78 Å². The number of benzene rings is 2. The molecule has 0 spiro atoms. The summed E-state index contributed by atoms with van der Waals surface area (Å²) in [5.74, 6) is 5.26.